The molecule has 1 N–H and O–H groups in total. The van der Waals surface area contributed by atoms with Crippen molar-refractivity contribution in [3.05, 3.63) is 54.2 Å². The maximum absolute atomic E-state index is 12.7. The average molecular weight is 325 g/mol. The van der Waals surface area contributed by atoms with Crippen molar-refractivity contribution in [1.29, 1.82) is 0 Å². The zero-order valence-electron chi connectivity index (χ0n) is 14.5. The van der Waals surface area contributed by atoms with Crippen molar-refractivity contribution < 1.29 is 14.7 Å². The van der Waals surface area contributed by atoms with Crippen LogP contribution in [-0.2, 0) is 15.0 Å². The Morgan fingerprint density at radius 3 is 2.17 bits per heavy atom. The number of Topliss-reactive ketones (excluding diaryl/α,β-unsaturated/α-hetero) is 1. The van der Waals surface area contributed by atoms with Gasteiger partial charge in [-0.2, -0.15) is 0 Å². The van der Waals surface area contributed by atoms with Crippen LogP contribution in [0.2, 0.25) is 0 Å². The highest BCUT2D eigenvalue weighted by molar-refractivity contribution is 5.92. The van der Waals surface area contributed by atoms with Crippen LogP contribution in [0.15, 0.2) is 48.5 Å². The van der Waals surface area contributed by atoms with E-state index in [-0.39, 0.29) is 12.2 Å². The van der Waals surface area contributed by atoms with Crippen LogP contribution in [0, 0.1) is 5.41 Å². The molecule has 0 amide bonds. The molecule has 0 aliphatic rings. The number of ketones is 1. The summed E-state index contributed by atoms with van der Waals surface area (Å²) >= 11 is 0. The fourth-order valence-corrected chi connectivity index (χ4v) is 2.39. The lowest BCUT2D eigenvalue weighted by molar-refractivity contribution is -0.149. The number of benzene rings is 1. The highest BCUT2D eigenvalue weighted by Crippen LogP contribution is 2.31. The Labute approximate surface area is 142 Å². The molecule has 0 bridgehead atoms. The summed E-state index contributed by atoms with van der Waals surface area (Å²) in [5.74, 6) is -1.11. The summed E-state index contributed by atoms with van der Waals surface area (Å²) < 4.78 is 0. The van der Waals surface area contributed by atoms with Crippen LogP contribution in [0.1, 0.15) is 39.8 Å². The van der Waals surface area contributed by atoms with Crippen molar-refractivity contribution in [2.45, 2.75) is 39.5 Å². The summed E-state index contributed by atoms with van der Waals surface area (Å²) in [5, 5.41) is 9.25. The molecule has 1 aromatic carbocycles. The third-order valence-corrected chi connectivity index (χ3v) is 4.34. The Bertz CT molecular complexity index is 748. The number of hydrogen-bond acceptors (Lipinski definition) is 3. The molecule has 2 aromatic rings. The first-order chi connectivity index (χ1) is 11.1. The minimum atomic E-state index is -1.09. The largest absolute Gasteiger partial charge is 0.481 e. The first-order valence-electron chi connectivity index (χ1n) is 7.94. The zero-order chi connectivity index (χ0) is 18.0. The Balaban J connectivity index is 2.33. The van der Waals surface area contributed by atoms with Crippen molar-refractivity contribution >= 4 is 11.8 Å². The summed E-state index contributed by atoms with van der Waals surface area (Å²) in [5.41, 5.74) is 0.484. The number of rotatable bonds is 6. The van der Waals surface area contributed by atoms with Crippen LogP contribution in [0.25, 0.3) is 11.3 Å². The molecule has 0 saturated carbocycles. The van der Waals surface area contributed by atoms with E-state index in [9.17, 15) is 14.7 Å². The molecule has 1 aromatic heterocycles. The minimum Gasteiger partial charge on any atom is -0.481 e. The molecular formula is C20H23NO3. The van der Waals surface area contributed by atoms with Gasteiger partial charge in [0.05, 0.1) is 22.2 Å². The highest BCUT2D eigenvalue weighted by Gasteiger charge is 2.38. The molecule has 0 aliphatic heterocycles. The second-order valence-electron chi connectivity index (χ2n) is 7.19. The van der Waals surface area contributed by atoms with E-state index in [1.165, 1.54) is 0 Å². The third-order valence-electron chi connectivity index (χ3n) is 4.34. The van der Waals surface area contributed by atoms with Gasteiger partial charge in [0.2, 0.25) is 0 Å². The zero-order valence-corrected chi connectivity index (χ0v) is 14.5. The van der Waals surface area contributed by atoms with E-state index in [2.05, 4.69) is 4.98 Å². The monoisotopic (exact) mass is 325 g/mol. The van der Waals surface area contributed by atoms with Gasteiger partial charge >= 0.3 is 5.97 Å². The van der Waals surface area contributed by atoms with Crippen LogP contribution in [0.5, 0.6) is 0 Å². The molecule has 126 valence electrons. The summed E-state index contributed by atoms with van der Waals surface area (Å²) in [6.07, 6.45) is -0.0351. The van der Waals surface area contributed by atoms with Gasteiger partial charge in [-0.15, -0.1) is 0 Å². The molecule has 0 saturated heterocycles. The van der Waals surface area contributed by atoms with Crippen molar-refractivity contribution in [2.24, 2.45) is 5.41 Å². The van der Waals surface area contributed by atoms with Crippen LogP contribution in [0.4, 0.5) is 0 Å². The maximum atomic E-state index is 12.7. The number of nitrogens with zero attached hydrogens (tertiary/aromatic N) is 1. The van der Waals surface area contributed by atoms with Gasteiger partial charge in [0.1, 0.15) is 5.78 Å². The first kappa shape index (κ1) is 17.9. The Hall–Kier alpha value is -2.49. The average Bonchev–Trinajstić information content (AvgIpc) is 2.55. The lowest BCUT2D eigenvalue weighted by Gasteiger charge is -2.27. The van der Waals surface area contributed by atoms with Crippen LogP contribution < -0.4 is 0 Å². The van der Waals surface area contributed by atoms with E-state index in [1.807, 2.05) is 48.5 Å². The van der Waals surface area contributed by atoms with Crippen molar-refractivity contribution in [2.75, 3.05) is 0 Å². The van der Waals surface area contributed by atoms with Crippen molar-refractivity contribution in [1.82, 2.24) is 4.98 Å². The van der Waals surface area contributed by atoms with E-state index < -0.39 is 16.8 Å². The second-order valence-corrected chi connectivity index (χ2v) is 7.19. The summed E-state index contributed by atoms with van der Waals surface area (Å²) in [4.78, 5) is 28.7. The summed E-state index contributed by atoms with van der Waals surface area (Å²) in [6, 6.07) is 15.4. The molecule has 0 fully saturated rings. The third kappa shape index (κ3) is 3.70. The number of pyridine rings is 1. The Morgan fingerprint density at radius 1 is 0.958 bits per heavy atom. The number of hydrogen-bond donors (Lipinski definition) is 1. The lowest BCUT2D eigenvalue weighted by atomic mass is 9.76. The molecular weight excluding hydrogens is 302 g/mol. The maximum Gasteiger partial charge on any atom is 0.309 e. The predicted molar refractivity (Wildman–Crippen MR) is 93.7 cm³/mol. The fraction of sp³-hybridized carbons (Fsp3) is 0.350. The van der Waals surface area contributed by atoms with E-state index in [1.54, 1.807) is 27.7 Å². The number of aromatic nitrogens is 1. The van der Waals surface area contributed by atoms with Gasteiger partial charge in [-0.05, 0) is 39.8 Å². The molecule has 4 nitrogen and oxygen atoms in total. The van der Waals surface area contributed by atoms with Crippen molar-refractivity contribution in [3.8, 4) is 11.3 Å². The standard InChI is InChI=1S/C20H23NO3/c1-19(2,18(23)24)13-17(22)20(3,4)16-12-8-11-15(21-16)14-9-6-5-7-10-14/h5-12H,13H2,1-4H3,(H,23,24). The topological polar surface area (TPSA) is 67.3 Å². The van der Waals surface area contributed by atoms with Gasteiger partial charge in [-0.1, -0.05) is 36.4 Å². The quantitative estimate of drug-likeness (QED) is 0.868. The van der Waals surface area contributed by atoms with Gasteiger partial charge in [0.25, 0.3) is 0 Å². The number of carboxylic acids is 1. The smallest absolute Gasteiger partial charge is 0.309 e. The van der Waals surface area contributed by atoms with Crippen LogP contribution in [0.3, 0.4) is 0 Å². The van der Waals surface area contributed by atoms with E-state index in [0.29, 0.717) is 5.69 Å². The van der Waals surface area contributed by atoms with Crippen LogP contribution in [-0.4, -0.2) is 21.8 Å². The van der Waals surface area contributed by atoms with Crippen molar-refractivity contribution in [3.63, 3.8) is 0 Å². The van der Waals surface area contributed by atoms with Gasteiger partial charge in [0, 0.05) is 12.0 Å². The van der Waals surface area contributed by atoms with Gasteiger partial charge in [-0.3, -0.25) is 14.6 Å². The lowest BCUT2D eigenvalue weighted by Crippen LogP contribution is -2.36. The molecule has 0 radical (unpaired) electrons. The number of carbonyl (C=O) groups excluding carboxylic acids is 1. The summed E-state index contributed by atoms with van der Waals surface area (Å²) in [7, 11) is 0. The molecule has 1 heterocycles. The number of carboxylic acid groups (broad SMARTS) is 1. The second kappa shape index (κ2) is 6.56. The number of aliphatic carboxylic acids is 1. The molecule has 24 heavy (non-hydrogen) atoms. The van der Waals surface area contributed by atoms with E-state index in [4.69, 9.17) is 0 Å². The first-order valence-corrected chi connectivity index (χ1v) is 7.94. The highest BCUT2D eigenvalue weighted by atomic mass is 16.4. The minimum absolute atomic E-state index is 0.0351. The normalized spacial score (nSPS) is 12.0. The fourth-order valence-electron chi connectivity index (χ4n) is 2.39. The summed E-state index contributed by atoms with van der Waals surface area (Å²) in [6.45, 7) is 6.73. The molecule has 2 rings (SSSR count). The predicted octanol–water partition coefficient (Wildman–Crippen LogP) is 4.10. The van der Waals surface area contributed by atoms with Gasteiger partial charge in [0.15, 0.2) is 0 Å². The molecule has 0 atom stereocenters. The van der Waals surface area contributed by atoms with E-state index in [0.717, 1.165) is 11.3 Å². The Morgan fingerprint density at radius 2 is 1.58 bits per heavy atom. The Kier molecular flexibility index (Phi) is 4.88. The molecule has 4 heteroatoms. The molecule has 0 spiro atoms. The molecule has 0 aliphatic carbocycles. The van der Waals surface area contributed by atoms with E-state index >= 15 is 0 Å². The van der Waals surface area contributed by atoms with Gasteiger partial charge in [-0.25, -0.2) is 0 Å². The molecule has 0 unspecified atom stereocenters. The van der Waals surface area contributed by atoms with Crippen LogP contribution >= 0.6 is 0 Å². The SMILES string of the molecule is CC(C)(CC(=O)C(C)(C)c1cccc(-c2ccccc2)n1)C(=O)O. The van der Waals surface area contributed by atoms with Gasteiger partial charge < -0.3 is 5.11 Å². The number of carbonyl (C=O) groups is 2.